The molecule has 0 N–H and O–H groups in total. The molecule has 0 amide bonds. The summed E-state index contributed by atoms with van der Waals surface area (Å²) in [6.45, 7) is 3.70. The van der Waals surface area contributed by atoms with Crippen molar-refractivity contribution in [1.82, 2.24) is 0 Å². The first-order chi connectivity index (χ1) is 2.91. The van der Waals surface area contributed by atoms with Gasteiger partial charge in [-0.15, -0.1) is 0 Å². The Hall–Kier alpha value is 0.217. The lowest BCUT2D eigenvalue weighted by Crippen LogP contribution is -1.69. The molecule has 0 saturated heterocycles. The third-order valence-electron chi connectivity index (χ3n) is 0.677. The molecule has 0 aromatic rings. The lowest BCUT2D eigenvalue weighted by Gasteiger charge is -1.85. The largest absolute Gasteiger partial charge is 0.0638 e. The Bertz CT molecular complexity index is 15.9. The van der Waals surface area contributed by atoms with E-state index < -0.39 is 0 Å². The Morgan fingerprint density at radius 2 is 2.00 bits per heavy atom. The van der Waals surface area contributed by atoms with Crippen molar-refractivity contribution in [2.24, 2.45) is 0 Å². The molecule has 34 valence electrons. The summed E-state index contributed by atoms with van der Waals surface area (Å²) < 4.78 is 0. The van der Waals surface area contributed by atoms with Crippen molar-refractivity contribution in [3.05, 3.63) is 6.92 Å². The van der Waals surface area contributed by atoms with Crippen LogP contribution in [0.2, 0.25) is 6.04 Å². The molecule has 0 bridgehead atoms. The minimum atomic E-state index is 1.07. The average Bonchev–Trinajstić information content (AvgIpc) is 1.61. The van der Waals surface area contributed by atoms with Crippen molar-refractivity contribution in [1.29, 1.82) is 0 Å². The van der Waals surface area contributed by atoms with E-state index in [-0.39, 0.29) is 0 Å². The molecular weight excluding hydrogens is 88.1 g/mol. The summed E-state index contributed by atoms with van der Waals surface area (Å²) in [6, 6.07) is 1.12. The lowest BCUT2D eigenvalue weighted by atomic mass is 10.3. The topological polar surface area (TPSA) is 0 Å². The van der Waals surface area contributed by atoms with Gasteiger partial charge >= 0.3 is 0 Å². The van der Waals surface area contributed by atoms with Crippen LogP contribution >= 0.6 is 0 Å². The highest BCUT2D eigenvalue weighted by Gasteiger charge is 1.75. The zero-order chi connectivity index (χ0) is 4.83. The molecule has 0 aromatic heterocycles. The highest BCUT2D eigenvalue weighted by molar-refractivity contribution is 6.08. The van der Waals surface area contributed by atoms with E-state index in [1.165, 1.54) is 12.8 Å². The smallest absolute Gasteiger partial charge is 0.0222 e. The Labute approximate surface area is 43.4 Å². The summed E-state index contributed by atoms with van der Waals surface area (Å²) >= 11 is 0. The summed E-state index contributed by atoms with van der Waals surface area (Å²) in [5.74, 6) is 0. The zero-order valence-corrected chi connectivity index (χ0v) is 5.04. The molecule has 0 aromatic carbocycles. The number of hydrogen-bond donors (Lipinski definition) is 0. The van der Waals surface area contributed by atoms with Crippen LogP contribution < -0.4 is 0 Å². The third kappa shape index (κ3) is 4.22. The van der Waals surface area contributed by atoms with Crippen molar-refractivity contribution in [3.8, 4) is 0 Å². The molecule has 0 nitrogen and oxygen atoms in total. The molecular formula is C5H10Si. The Kier molecular flexibility index (Phi) is 5.41. The summed E-state index contributed by atoms with van der Waals surface area (Å²) in [5, 5.41) is 0. The SMILES string of the molecule is [CH2]CCCC[Si]. The molecule has 0 atom stereocenters. The minimum Gasteiger partial charge on any atom is -0.0638 e. The molecule has 0 aliphatic heterocycles. The highest BCUT2D eigenvalue weighted by atomic mass is 28.1. The first kappa shape index (κ1) is 6.22. The average molecular weight is 98.2 g/mol. The van der Waals surface area contributed by atoms with Crippen LogP contribution in [0.1, 0.15) is 19.3 Å². The van der Waals surface area contributed by atoms with Gasteiger partial charge in [-0.25, -0.2) is 0 Å². The predicted octanol–water partition coefficient (Wildman–Crippen LogP) is 1.58. The van der Waals surface area contributed by atoms with Gasteiger partial charge in [-0.3, -0.25) is 0 Å². The van der Waals surface area contributed by atoms with E-state index in [2.05, 4.69) is 17.2 Å². The normalized spacial score (nSPS) is 9.00. The summed E-state index contributed by atoms with van der Waals surface area (Å²) in [4.78, 5) is 0. The molecule has 1 heteroatoms. The van der Waals surface area contributed by atoms with E-state index in [4.69, 9.17) is 0 Å². The predicted molar refractivity (Wildman–Crippen MR) is 29.8 cm³/mol. The molecule has 4 radical (unpaired) electrons. The maximum atomic E-state index is 3.70. The molecule has 0 spiro atoms. The molecule has 0 saturated carbocycles. The van der Waals surface area contributed by atoms with E-state index >= 15 is 0 Å². The maximum Gasteiger partial charge on any atom is 0.0222 e. The van der Waals surface area contributed by atoms with Crippen LogP contribution in [0.3, 0.4) is 0 Å². The molecule has 0 aliphatic rings. The van der Waals surface area contributed by atoms with Crippen molar-refractivity contribution in [3.63, 3.8) is 0 Å². The van der Waals surface area contributed by atoms with Crippen LogP contribution in [0.5, 0.6) is 0 Å². The van der Waals surface area contributed by atoms with Gasteiger partial charge in [0.25, 0.3) is 0 Å². The summed E-state index contributed by atoms with van der Waals surface area (Å²) in [7, 11) is 3.36. The Balaban J connectivity index is 2.34. The van der Waals surface area contributed by atoms with E-state index in [0.717, 1.165) is 12.5 Å². The molecule has 0 heterocycles. The van der Waals surface area contributed by atoms with Crippen LogP contribution in [-0.2, 0) is 0 Å². The van der Waals surface area contributed by atoms with Crippen LogP contribution in [0.15, 0.2) is 0 Å². The first-order valence-electron chi connectivity index (χ1n) is 2.35. The monoisotopic (exact) mass is 98.1 g/mol. The maximum absolute atomic E-state index is 3.70. The quantitative estimate of drug-likeness (QED) is 0.371. The van der Waals surface area contributed by atoms with Crippen LogP contribution in [-0.4, -0.2) is 10.2 Å². The van der Waals surface area contributed by atoms with Crippen molar-refractivity contribution in [2.45, 2.75) is 25.3 Å². The molecule has 0 fully saturated rings. The first-order valence-corrected chi connectivity index (χ1v) is 3.06. The van der Waals surface area contributed by atoms with Gasteiger partial charge in [-0.1, -0.05) is 32.2 Å². The van der Waals surface area contributed by atoms with Crippen LogP contribution in [0.25, 0.3) is 0 Å². The highest BCUT2D eigenvalue weighted by Crippen LogP contribution is 1.94. The summed E-state index contributed by atoms with van der Waals surface area (Å²) in [5.41, 5.74) is 0. The molecule has 0 rings (SSSR count). The van der Waals surface area contributed by atoms with E-state index in [0.29, 0.717) is 0 Å². The van der Waals surface area contributed by atoms with Gasteiger partial charge in [0, 0.05) is 10.2 Å². The van der Waals surface area contributed by atoms with Crippen LogP contribution in [0, 0.1) is 6.92 Å². The second-order valence-electron chi connectivity index (χ2n) is 1.31. The Morgan fingerprint density at radius 1 is 1.33 bits per heavy atom. The van der Waals surface area contributed by atoms with Gasteiger partial charge in [0.05, 0.1) is 0 Å². The lowest BCUT2D eigenvalue weighted by molar-refractivity contribution is 0.812. The molecule has 0 unspecified atom stereocenters. The van der Waals surface area contributed by atoms with Gasteiger partial charge in [0.1, 0.15) is 0 Å². The fourth-order valence-electron chi connectivity index (χ4n) is 0.302. The number of rotatable bonds is 3. The van der Waals surface area contributed by atoms with Gasteiger partial charge in [-0.05, 0) is 0 Å². The van der Waals surface area contributed by atoms with Gasteiger partial charge in [-0.2, -0.15) is 0 Å². The fraction of sp³-hybridized carbons (Fsp3) is 0.800. The van der Waals surface area contributed by atoms with Crippen LogP contribution in [0.4, 0.5) is 0 Å². The fourth-order valence-corrected chi connectivity index (χ4v) is 0.552. The van der Waals surface area contributed by atoms with Gasteiger partial charge in [0.15, 0.2) is 0 Å². The van der Waals surface area contributed by atoms with Crippen molar-refractivity contribution in [2.75, 3.05) is 0 Å². The standard InChI is InChI=1S/C5H10Si/c1-2-3-4-5-6/h1-5H2. The second-order valence-corrected chi connectivity index (χ2v) is 1.81. The van der Waals surface area contributed by atoms with E-state index in [1.807, 2.05) is 0 Å². The van der Waals surface area contributed by atoms with Crippen molar-refractivity contribution >= 4 is 10.2 Å². The van der Waals surface area contributed by atoms with E-state index in [9.17, 15) is 0 Å². The summed E-state index contributed by atoms with van der Waals surface area (Å²) in [6.07, 6.45) is 3.59. The van der Waals surface area contributed by atoms with Gasteiger partial charge < -0.3 is 0 Å². The number of hydrogen-bond acceptors (Lipinski definition) is 0. The third-order valence-corrected chi connectivity index (χ3v) is 1.03. The van der Waals surface area contributed by atoms with E-state index in [1.54, 1.807) is 0 Å². The zero-order valence-electron chi connectivity index (χ0n) is 4.04. The number of unbranched alkanes of at least 4 members (excludes halogenated alkanes) is 2. The molecule has 0 aliphatic carbocycles. The second kappa shape index (κ2) is 5.22. The minimum absolute atomic E-state index is 1.07. The molecule has 6 heavy (non-hydrogen) atoms. The van der Waals surface area contributed by atoms with Gasteiger partial charge in [0.2, 0.25) is 0 Å². The van der Waals surface area contributed by atoms with Crippen molar-refractivity contribution < 1.29 is 0 Å². The Morgan fingerprint density at radius 3 is 2.17 bits per heavy atom.